The highest BCUT2D eigenvalue weighted by Gasteiger charge is 2.28. The molecule has 0 aromatic carbocycles. The highest BCUT2D eigenvalue weighted by Crippen LogP contribution is 2.18. The molecule has 1 saturated heterocycles. The van der Waals surface area contributed by atoms with E-state index in [1.54, 1.807) is 25.9 Å². The van der Waals surface area contributed by atoms with Crippen molar-refractivity contribution in [3.8, 4) is 0 Å². The number of aliphatic carboxylic acids is 1. The number of likely N-dealkylation sites (tertiary alicyclic amines) is 1. The van der Waals surface area contributed by atoms with Gasteiger partial charge in [-0.1, -0.05) is 6.92 Å². The van der Waals surface area contributed by atoms with Gasteiger partial charge in [0.15, 0.2) is 0 Å². The zero-order valence-corrected chi connectivity index (χ0v) is 13.0. The second-order valence-electron chi connectivity index (χ2n) is 5.63. The summed E-state index contributed by atoms with van der Waals surface area (Å²) >= 11 is 0. The number of rotatable bonds is 5. The molecule has 1 atom stereocenters. The molecule has 3 amide bonds. The van der Waals surface area contributed by atoms with Crippen molar-refractivity contribution in [1.82, 2.24) is 15.1 Å². The number of piperidine rings is 1. The summed E-state index contributed by atoms with van der Waals surface area (Å²) in [4.78, 5) is 38.0. The van der Waals surface area contributed by atoms with Crippen molar-refractivity contribution in [2.45, 2.75) is 26.2 Å². The van der Waals surface area contributed by atoms with Crippen molar-refractivity contribution in [3.63, 3.8) is 0 Å². The first-order valence-electron chi connectivity index (χ1n) is 7.33. The molecule has 1 unspecified atom stereocenters. The van der Waals surface area contributed by atoms with Crippen LogP contribution in [0.4, 0.5) is 4.79 Å². The number of hydrogen-bond acceptors (Lipinski definition) is 3. The lowest BCUT2D eigenvalue weighted by molar-refractivity contribution is -0.141. The van der Waals surface area contributed by atoms with Gasteiger partial charge in [0.05, 0.1) is 5.92 Å². The van der Waals surface area contributed by atoms with Gasteiger partial charge in [0.25, 0.3) is 0 Å². The van der Waals surface area contributed by atoms with Crippen molar-refractivity contribution in [1.29, 1.82) is 0 Å². The molecule has 0 aromatic rings. The molecule has 21 heavy (non-hydrogen) atoms. The fourth-order valence-corrected chi connectivity index (χ4v) is 2.39. The van der Waals surface area contributed by atoms with Crippen molar-refractivity contribution in [2.24, 2.45) is 11.8 Å². The summed E-state index contributed by atoms with van der Waals surface area (Å²) in [5.41, 5.74) is 0. The second-order valence-corrected chi connectivity index (χ2v) is 5.63. The molecule has 1 fully saturated rings. The highest BCUT2D eigenvalue weighted by molar-refractivity contribution is 5.80. The van der Waals surface area contributed by atoms with Gasteiger partial charge in [0.1, 0.15) is 0 Å². The Kier molecular flexibility index (Phi) is 6.45. The Balaban J connectivity index is 2.38. The molecule has 0 bridgehead atoms. The zero-order valence-electron chi connectivity index (χ0n) is 13.0. The number of carbonyl (C=O) groups excluding carboxylic acids is 2. The lowest BCUT2D eigenvalue weighted by Gasteiger charge is -2.33. The van der Waals surface area contributed by atoms with Crippen LogP contribution in [0.15, 0.2) is 0 Å². The average molecular weight is 299 g/mol. The maximum atomic E-state index is 12.0. The fraction of sp³-hybridized carbons (Fsp3) is 0.786. The molecule has 1 rings (SSSR count). The Morgan fingerprint density at radius 3 is 2.29 bits per heavy atom. The largest absolute Gasteiger partial charge is 0.481 e. The Bertz CT molecular complexity index is 390. The minimum Gasteiger partial charge on any atom is -0.481 e. The van der Waals surface area contributed by atoms with Gasteiger partial charge >= 0.3 is 12.0 Å². The van der Waals surface area contributed by atoms with Crippen LogP contribution in [-0.2, 0) is 9.59 Å². The summed E-state index contributed by atoms with van der Waals surface area (Å²) in [5, 5.41) is 11.7. The van der Waals surface area contributed by atoms with E-state index in [-0.39, 0.29) is 24.4 Å². The number of hydrogen-bond donors (Lipinski definition) is 2. The van der Waals surface area contributed by atoms with E-state index in [0.29, 0.717) is 32.4 Å². The summed E-state index contributed by atoms with van der Waals surface area (Å²) in [6.45, 7) is 3.08. The maximum absolute atomic E-state index is 12.0. The van der Waals surface area contributed by atoms with Crippen LogP contribution in [0.3, 0.4) is 0 Å². The molecule has 7 heteroatoms. The maximum Gasteiger partial charge on any atom is 0.319 e. The predicted octanol–water partition coefficient (Wildman–Crippen LogP) is 0.607. The van der Waals surface area contributed by atoms with E-state index in [0.717, 1.165) is 0 Å². The Labute approximate surface area is 125 Å². The summed E-state index contributed by atoms with van der Waals surface area (Å²) in [6, 6.07) is -0.0363. The summed E-state index contributed by atoms with van der Waals surface area (Å²) in [6.07, 6.45) is 1.73. The number of carbonyl (C=O) groups is 3. The second kappa shape index (κ2) is 7.85. The van der Waals surface area contributed by atoms with E-state index in [1.807, 2.05) is 0 Å². The number of nitrogens with zero attached hydrogens (tertiary/aromatic N) is 2. The number of amides is 3. The molecule has 0 aliphatic carbocycles. The minimum atomic E-state index is -0.885. The molecule has 2 N–H and O–H groups in total. The minimum absolute atomic E-state index is 0.0363. The van der Waals surface area contributed by atoms with Crippen molar-refractivity contribution in [3.05, 3.63) is 0 Å². The van der Waals surface area contributed by atoms with Gasteiger partial charge in [0, 0.05) is 39.6 Å². The summed E-state index contributed by atoms with van der Waals surface area (Å²) in [7, 11) is 3.41. The Morgan fingerprint density at radius 2 is 1.86 bits per heavy atom. The van der Waals surface area contributed by atoms with Crippen LogP contribution in [0.25, 0.3) is 0 Å². The molecule has 1 aliphatic heterocycles. The van der Waals surface area contributed by atoms with E-state index in [9.17, 15) is 14.4 Å². The Hall–Kier alpha value is -1.79. The van der Waals surface area contributed by atoms with Crippen LogP contribution >= 0.6 is 0 Å². The van der Waals surface area contributed by atoms with E-state index in [4.69, 9.17) is 5.11 Å². The van der Waals surface area contributed by atoms with E-state index < -0.39 is 11.9 Å². The third-order valence-corrected chi connectivity index (χ3v) is 3.88. The van der Waals surface area contributed by atoms with Gasteiger partial charge in [-0.3, -0.25) is 9.59 Å². The topological polar surface area (TPSA) is 90.0 Å². The molecule has 0 saturated carbocycles. The quantitative estimate of drug-likeness (QED) is 0.778. The van der Waals surface area contributed by atoms with Gasteiger partial charge in [0.2, 0.25) is 5.91 Å². The van der Waals surface area contributed by atoms with Gasteiger partial charge in [-0.2, -0.15) is 0 Å². The van der Waals surface area contributed by atoms with Crippen LogP contribution in [-0.4, -0.2) is 66.5 Å². The number of carboxylic acids is 1. The van der Waals surface area contributed by atoms with E-state index in [1.165, 1.54) is 4.90 Å². The lowest BCUT2D eigenvalue weighted by Crippen LogP contribution is -2.47. The molecule has 0 aromatic heterocycles. The van der Waals surface area contributed by atoms with Crippen LogP contribution < -0.4 is 5.32 Å². The first kappa shape index (κ1) is 17.3. The van der Waals surface area contributed by atoms with Crippen molar-refractivity contribution in [2.75, 3.05) is 33.7 Å². The highest BCUT2D eigenvalue weighted by atomic mass is 16.4. The number of carboxylic acid groups (broad SMARTS) is 1. The third kappa shape index (κ3) is 4.91. The summed E-state index contributed by atoms with van der Waals surface area (Å²) in [5.74, 6) is -1.66. The molecule has 1 heterocycles. The van der Waals surface area contributed by atoms with E-state index in [2.05, 4.69) is 5.32 Å². The van der Waals surface area contributed by atoms with Crippen LogP contribution in [0.1, 0.15) is 26.2 Å². The van der Waals surface area contributed by atoms with Crippen LogP contribution in [0.5, 0.6) is 0 Å². The normalized spacial score (nSPS) is 17.2. The molecule has 7 nitrogen and oxygen atoms in total. The standard InChI is InChI=1S/C14H25N3O4/c1-4-10(13(19)20)9-15-12(18)11-5-7-17(8-6-11)14(21)16(2)3/h10-11H,4-9H2,1-3H3,(H,15,18)(H,19,20). The molecular weight excluding hydrogens is 274 g/mol. The van der Waals surface area contributed by atoms with Gasteiger partial charge in [-0.15, -0.1) is 0 Å². The van der Waals surface area contributed by atoms with Gasteiger partial charge in [-0.05, 0) is 19.3 Å². The average Bonchev–Trinajstić information content (AvgIpc) is 2.46. The molecule has 120 valence electrons. The molecular formula is C14H25N3O4. The molecule has 0 radical (unpaired) electrons. The Morgan fingerprint density at radius 1 is 1.29 bits per heavy atom. The van der Waals surface area contributed by atoms with Gasteiger partial charge in [-0.25, -0.2) is 4.79 Å². The smallest absolute Gasteiger partial charge is 0.319 e. The zero-order chi connectivity index (χ0) is 16.0. The monoisotopic (exact) mass is 299 g/mol. The van der Waals surface area contributed by atoms with Crippen LogP contribution in [0, 0.1) is 11.8 Å². The van der Waals surface area contributed by atoms with Crippen molar-refractivity contribution < 1.29 is 19.5 Å². The predicted molar refractivity (Wildman–Crippen MR) is 77.8 cm³/mol. The fourth-order valence-electron chi connectivity index (χ4n) is 2.39. The number of urea groups is 1. The molecule has 0 spiro atoms. The first-order valence-corrected chi connectivity index (χ1v) is 7.33. The summed E-state index contributed by atoms with van der Waals surface area (Å²) < 4.78 is 0. The van der Waals surface area contributed by atoms with Crippen LogP contribution in [0.2, 0.25) is 0 Å². The molecule has 1 aliphatic rings. The van der Waals surface area contributed by atoms with E-state index >= 15 is 0 Å². The lowest BCUT2D eigenvalue weighted by atomic mass is 9.95. The number of nitrogens with one attached hydrogen (secondary N) is 1. The third-order valence-electron chi connectivity index (χ3n) is 3.88. The SMILES string of the molecule is CCC(CNC(=O)C1CCN(C(=O)N(C)C)CC1)C(=O)O. The first-order chi connectivity index (χ1) is 9.86. The van der Waals surface area contributed by atoms with Gasteiger partial charge < -0.3 is 20.2 Å². The van der Waals surface area contributed by atoms with Crippen molar-refractivity contribution >= 4 is 17.9 Å².